The van der Waals surface area contributed by atoms with Gasteiger partial charge in [-0.3, -0.25) is 0 Å². The Morgan fingerprint density at radius 2 is 1.60 bits per heavy atom. The number of sulfonamides is 1. The van der Waals surface area contributed by atoms with Crippen LogP contribution in [0.3, 0.4) is 0 Å². The van der Waals surface area contributed by atoms with E-state index in [4.69, 9.17) is 11.6 Å². The summed E-state index contributed by atoms with van der Waals surface area (Å²) in [6.07, 6.45) is 0.688. The first-order valence-corrected chi connectivity index (χ1v) is 7.97. The van der Waals surface area contributed by atoms with Gasteiger partial charge in [-0.1, -0.05) is 13.8 Å². The van der Waals surface area contributed by atoms with Crippen LogP contribution in [-0.2, 0) is 10.0 Å². The van der Waals surface area contributed by atoms with Gasteiger partial charge >= 0.3 is 0 Å². The predicted molar refractivity (Wildman–Crippen MR) is 70.7 cm³/mol. The Kier molecular flexibility index (Phi) is 5.46. The lowest BCUT2D eigenvalue weighted by Crippen LogP contribution is -2.49. The van der Waals surface area contributed by atoms with Gasteiger partial charge in [-0.25, -0.2) is 26.3 Å². The van der Waals surface area contributed by atoms with E-state index < -0.39 is 37.9 Å². The summed E-state index contributed by atoms with van der Waals surface area (Å²) < 4.78 is 66.4. The monoisotopic (exact) mass is 329 g/mol. The van der Waals surface area contributed by atoms with Gasteiger partial charge in [0.15, 0.2) is 4.90 Å². The van der Waals surface area contributed by atoms with E-state index in [1.807, 2.05) is 0 Å². The number of benzene rings is 1. The lowest BCUT2D eigenvalue weighted by Gasteiger charge is -2.30. The molecule has 0 fully saturated rings. The van der Waals surface area contributed by atoms with Crippen LogP contribution in [-0.4, -0.2) is 19.8 Å². The summed E-state index contributed by atoms with van der Waals surface area (Å²) in [4.78, 5) is -1.20. The molecule has 0 atom stereocenters. The maximum Gasteiger partial charge on any atom is 0.246 e. The number of alkyl halides is 1. The molecule has 0 amide bonds. The molecule has 1 aromatic carbocycles. The third-order valence-corrected chi connectivity index (χ3v) is 5.33. The van der Waals surface area contributed by atoms with Crippen LogP contribution in [0, 0.1) is 17.5 Å². The van der Waals surface area contributed by atoms with Crippen molar-refractivity contribution in [1.29, 1.82) is 0 Å². The number of nitrogens with one attached hydrogen (secondary N) is 1. The van der Waals surface area contributed by atoms with Gasteiger partial charge in [0.05, 0.1) is 0 Å². The molecule has 1 rings (SSSR count). The van der Waals surface area contributed by atoms with Gasteiger partial charge in [0, 0.05) is 23.6 Å². The average molecular weight is 330 g/mol. The molecule has 0 spiro atoms. The molecule has 0 heterocycles. The summed E-state index contributed by atoms with van der Waals surface area (Å²) in [5.74, 6) is -4.20. The standard InChI is InChI=1S/C12H15ClF3NO2S/c1-3-12(4-2,7-13)17-20(18,19)11-9(15)5-8(14)6-10(11)16/h5-6,17H,3-4,7H2,1-2H3. The summed E-state index contributed by atoms with van der Waals surface area (Å²) in [6.45, 7) is 3.40. The SMILES string of the molecule is CCC(CC)(CCl)NS(=O)(=O)c1c(F)cc(F)cc1F. The maximum atomic E-state index is 13.6. The Labute approximate surface area is 121 Å². The van der Waals surface area contributed by atoms with E-state index >= 15 is 0 Å². The zero-order valence-electron chi connectivity index (χ0n) is 11.0. The Morgan fingerprint density at radius 1 is 1.15 bits per heavy atom. The van der Waals surface area contributed by atoms with Gasteiger partial charge in [0.1, 0.15) is 17.5 Å². The van der Waals surface area contributed by atoms with Crippen molar-refractivity contribution in [2.45, 2.75) is 37.1 Å². The highest BCUT2D eigenvalue weighted by atomic mass is 35.5. The van der Waals surface area contributed by atoms with E-state index in [1.54, 1.807) is 13.8 Å². The second-order valence-electron chi connectivity index (χ2n) is 4.43. The largest absolute Gasteiger partial charge is 0.246 e. The van der Waals surface area contributed by atoms with Crippen LogP contribution in [0.5, 0.6) is 0 Å². The number of hydrogen-bond donors (Lipinski definition) is 1. The summed E-state index contributed by atoms with van der Waals surface area (Å²) in [5, 5.41) is 0. The van der Waals surface area contributed by atoms with Crippen molar-refractivity contribution in [3.63, 3.8) is 0 Å². The van der Waals surface area contributed by atoms with Gasteiger partial charge in [0.25, 0.3) is 0 Å². The molecule has 0 bridgehead atoms. The van der Waals surface area contributed by atoms with Crippen molar-refractivity contribution >= 4 is 21.6 Å². The van der Waals surface area contributed by atoms with E-state index in [0.29, 0.717) is 25.0 Å². The number of hydrogen-bond acceptors (Lipinski definition) is 2. The molecule has 0 saturated heterocycles. The first kappa shape index (κ1) is 17.3. The summed E-state index contributed by atoms with van der Waals surface area (Å²) in [6, 6.07) is 0.635. The van der Waals surface area contributed by atoms with Crippen LogP contribution in [0.25, 0.3) is 0 Å². The smallest absolute Gasteiger partial charge is 0.207 e. The normalized spacial score (nSPS) is 12.7. The van der Waals surface area contributed by atoms with Gasteiger partial charge in [-0.2, -0.15) is 0 Å². The van der Waals surface area contributed by atoms with E-state index in [-0.39, 0.29) is 5.88 Å². The minimum Gasteiger partial charge on any atom is -0.207 e. The third kappa shape index (κ3) is 3.45. The molecule has 0 aromatic heterocycles. The van der Waals surface area contributed by atoms with Crippen LogP contribution >= 0.6 is 11.6 Å². The Morgan fingerprint density at radius 3 is 1.95 bits per heavy atom. The fraction of sp³-hybridized carbons (Fsp3) is 0.500. The van der Waals surface area contributed by atoms with E-state index in [9.17, 15) is 21.6 Å². The average Bonchev–Trinajstić information content (AvgIpc) is 2.34. The number of halogens is 4. The highest BCUT2D eigenvalue weighted by molar-refractivity contribution is 7.89. The lowest BCUT2D eigenvalue weighted by molar-refractivity contribution is 0.390. The molecule has 0 unspecified atom stereocenters. The van der Waals surface area contributed by atoms with Crippen LogP contribution in [0.2, 0.25) is 0 Å². The molecule has 0 radical (unpaired) electrons. The molecule has 0 aliphatic rings. The molecule has 0 aliphatic carbocycles. The molecule has 0 aliphatic heterocycles. The first-order valence-electron chi connectivity index (χ1n) is 5.96. The minimum atomic E-state index is -4.48. The lowest BCUT2D eigenvalue weighted by atomic mass is 9.97. The maximum absolute atomic E-state index is 13.6. The van der Waals surface area contributed by atoms with Gasteiger partial charge in [-0.15, -0.1) is 11.6 Å². The zero-order valence-corrected chi connectivity index (χ0v) is 12.6. The number of rotatable bonds is 6. The van der Waals surface area contributed by atoms with Crippen molar-refractivity contribution < 1.29 is 21.6 Å². The molecule has 1 aromatic rings. The van der Waals surface area contributed by atoms with Crippen LogP contribution < -0.4 is 4.72 Å². The summed E-state index contributed by atoms with van der Waals surface area (Å²) in [7, 11) is -4.48. The van der Waals surface area contributed by atoms with Gasteiger partial charge in [-0.05, 0) is 12.8 Å². The van der Waals surface area contributed by atoms with E-state index in [2.05, 4.69) is 4.72 Å². The van der Waals surface area contributed by atoms with Crippen molar-refractivity contribution in [1.82, 2.24) is 4.72 Å². The summed E-state index contributed by atoms with van der Waals surface area (Å²) in [5.41, 5.74) is -1.01. The first-order chi connectivity index (χ1) is 9.21. The highest BCUT2D eigenvalue weighted by Crippen LogP contribution is 2.25. The highest BCUT2D eigenvalue weighted by Gasteiger charge is 2.34. The van der Waals surface area contributed by atoms with Gasteiger partial charge < -0.3 is 0 Å². The minimum absolute atomic E-state index is 0.0519. The Balaban J connectivity index is 3.32. The molecular formula is C12H15ClF3NO2S. The molecular weight excluding hydrogens is 315 g/mol. The van der Waals surface area contributed by atoms with Crippen molar-refractivity contribution in [2.75, 3.05) is 5.88 Å². The third-order valence-electron chi connectivity index (χ3n) is 3.19. The fourth-order valence-corrected chi connectivity index (χ4v) is 3.92. The molecule has 114 valence electrons. The quantitative estimate of drug-likeness (QED) is 0.815. The molecule has 3 nitrogen and oxygen atoms in total. The van der Waals surface area contributed by atoms with Crippen molar-refractivity contribution in [2.24, 2.45) is 0 Å². The Bertz CT molecular complexity index is 557. The van der Waals surface area contributed by atoms with Gasteiger partial charge in [0.2, 0.25) is 10.0 Å². The molecule has 20 heavy (non-hydrogen) atoms. The zero-order chi connectivity index (χ0) is 15.6. The van der Waals surface area contributed by atoms with Crippen LogP contribution in [0.15, 0.2) is 17.0 Å². The van der Waals surface area contributed by atoms with Crippen molar-refractivity contribution in [3.05, 3.63) is 29.6 Å². The topological polar surface area (TPSA) is 46.2 Å². The van der Waals surface area contributed by atoms with Crippen LogP contribution in [0.1, 0.15) is 26.7 Å². The van der Waals surface area contributed by atoms with Crippen molar-refractivity contribution in [3.8, 4) is 0 Å². The predicted octanol–water partition coefficient (Wildman–Crippen LogP) is 3.18. The second-order valence-corrected chi connectivity index (χ2v) is 6.31. The summed E-state index contributed by atoms with van der Waals surface area (Å²) >= 11 is 5.75. The molecule has 8 heteroatoms. The Hall–Kier alpha value is -0.790. The van der Waals surface area contributed by atoms with Crippen LogP contribution in [0.4, 0.5) is 13.2 Å². The van der Waals surface area contributed by atoms with E-state index in [0.717, 1.165) is 0 Å². The molecule has 0 saturated carbocycles. The second kappa shape index (κ2) is 6.32. The fourth-order valence-electron chi connectivity index (χ4n) is 1.73. The molecule has 1 N–H and O–H groups in total. The van der Waals surface area contributed by atoms with E-state index in [1.165, 1.54) is 0 Å².